The first-order chi connectivity index (χ1) is 10.7. The van der Waals surface area contributed by atoms with Crippen LogP contribution in [0.2, 0.25) is 0 Å². The number of aromatic nitrogens is 1. The third-order valence-corrected chi connectivity index (χ3v) is 3.96. The summed E-state index contributed by atoms with van der Waals surface area (Å²) in [5.74, 6) is 0.0435. The Kier molecular flexibility index (Phi) is 6.32. The Morgan fingerprint density at radius 3 is 2.23 bits per heavy atom. The molecule has 0 fully saturated rings. The van der Waals surface area contributed by atoms with Crippen molar-refractivity contribution in [3.8, 4) is 0 Å². The monoisotopic (exact) mass is 295 g/mol. The Morgan fingerprint density at radius 2 is 1.59 bits per heavy atom. The van der Waals surface area contributed by atoms with Crippen LogP contribution in [0.4, 0.5) is 0 Å². The number of carbonyl (C=O) groups excluding carboxylic acids is 1. The Morgan fingerprint density at radius 1 is 0.909 bits per heavy atom. The fourth-order valence-electron chi connectivity index (χ4n) is 2.52. The van der Waals surface area contributed by atoms with Gasteiger partial charge in [0.15, 0.2) is 5.78 Å². The van der Waals surface area contributed by atoms with Crippen molar-refractivity contribution in [3.05, 3.63) is 65.0 Å². The quantitative estimate of drug-likeness (QED) is 0.499. The molecule has 0 radical (unpaired) electrons. The zero-order valence-corrected chi connectivity index (χ0v) is 13.6. The summed E-state index contributed by atoms with van der Waals surface area (Å²) in [5.41, 5.74) is 3.63. The van der Waals surface area contributed by atoms with E-state index in [2.05, 4.69) is 24.0 Å². The smallest absolute Gasteiger partial charge is 0.194 e. The summed E-state index contributed by atoms with van der Waals surface area (Å²) in [7, 11) is 0. The molecule has 0 amide bonds. The SMILES string of the molecule is CCCCCCCc1ccc(C(=O)c2ccc(C)nc2)cc1. The number of aryl methyl sites for hydroxylation is 2. The first-order valence-electron chi connectivity index (χ1n) is 8.27. The van der Waals surface area contributed by atoms with Gasteiger partial charge >= 0.3 is 0 Å². The van der Waals surface area contributed by atoms with Crippen LogP contribution in [0.15, 0.2) is 42.6 Å². The minimum absolute atomic E-state index is 0.0435. The van der Waals surface area contributed by atoms with Gasteiger partial charge in [0, 0.05) is 23.0 Å². The standard InChI is InChI=1S/C20H25NO/c1-3-4-5-6-7-8-17-10-13-18(14-11-17)20(22)19-12-9-16(2)21-15-19/h9-15H,3-8H2,1-2H3. The van der Waals surface area contributed by atoms with Crippen molar-refractivity contribution in [2.75, 3.05) is 0 Å². The average Bonchev–Trinajstić information content (AvgIpc) is 2.55. The molecule has 0 saturated heterocycles. The fourth-order valence-corrected chi connectivity index (χ4v) is 2.52. The van der Waals surface area contributed by atoms with Crippen molar-refractivity contribution in [1.82, 2.24) is 4.98 Å². The number of hydrogen-bond donors (Lipinski definition) is 0. The van der Waals surface area contributed by atoms with E-state index in [4.69, 9.17) is 0 Å². The van der Waals surface area contributed by atoms with Gasteiger partial charge in [-0.25, -0.2) is 0 Å². The Balaban J connectivity index is 1.91. The molecule has 116 valence electrons. The molecule has 0 saturated carbocycles. The topological polar surface area (TPSA) is 30.0 Å². The van der Waals surface area contributed by atoms with Gasteiger partial charge in [-0.3, -0.25) is 9.78 Å². The highest BCUT2D eigenvalue weighted by Crippen LogP contribution is 2.13. The number of rotatable bonds is 8. The van der Waals surface area contributed by atoms with E-state index in [0.29, 0.717) is 5.56 Å². The molecule has 2 aromatic rings. The maximum atomic E-state index is 12.4. The summed E-state index contributed by atoms with van der Waals surface area (Å²) in [5, 5.41) is 0. The molecule has 0 unspecified atom stereocenters. The second-order valence-electron chi connectivity index (χ2n) is 5.88. The molecule has 0 aliphatic heterocycles. The fraction of sp³-hybridized carbons (Fsp3) is 0.400. The minimum Gasteiger partial charge on any atom is -0.289 e. The highest BCUT2D eigenvalue weighted by molar-refractivity contribution is 6.08. The Hall–Kier alpha value is -1.96. The van der Waals surface area contributed by atoms with Gasteiger partial charge in [0.2, 0.25) is 0 Å². The number of nitrogens with zero attached hydrogens (tertiary/aromatic N) is 1. The van der Waals surface area contributed by atoms with E-state index in [1.54, 1.807) is 6.20 Å². The summed E-state index contributed by atoms with van der Waals surface area (Å²) in [6.45, 7) is 4.16. The van der Waals surface area contributed by atoms with Gasteiger partial charge in [0.05, 0.1) is 0 Å². The predicted octanol–water partition coefficient (Wildman–Crippen LogP) is 5.13. The molecule has 2 heteroatoms. The molecule has 2 nitrogen and oxygen atoms in total. The van der Waals surface area contributed by atoms with Crippen molar-refractivity contribution < 1.29 is 4.79 Å². The van der Waals surface area contributed by atoms with E-state index >= 15 is 0 Å². The number of unbranched alkanes of at least 4 members (excludes halogenated alkanes) is 4. The highest BCUT2D eigenvalue weighted by Gasteiger charge is 2.09. The summed E-state index contributed by atoms with van der Waals surface area (Å²) < 4.78 is 0. The van der Waals surface area contributed by atoms with Gasteiger partial charge in [0.25, 0.3) is 0 Å². The number of pyridine rings is 1. The summed E-state index contributed by atoms with van der Waals surface area (Å²) in [6.07, 6.45) is 9.22. The van der Waals surface area contributed by atoms with Crippen molar-refractivity contribution in [2.45, 2.75) is 52.4 Å². The molecule has 22 heavy (non-hydrogen) atoms. The number of carbonyl (C=O) groups is 1. The highest BCUT2D eigenvalue weighted by atomic mass is 16.1. The molecule has 0 atom stereocenters. The lowest BCUT2D eigenvalue weighted by Gasteiger charge is -2.04. The largest absolute Gasteiger partial charge is 0.289 e. The molecule has 1 heterocycles. The number of ketones is 1. The van der Waals surface area contributed by atoms with Crippen LogP contribution in [0, 0.1) is 6.92 Å². The molecule has 0 spiro atoms. The lowest BCUT2D eigenvalue weighted by molar-refractivity contribution is 0.103. The van der Waals surface area contributed by atoms with Crippen LogP contribution in [0.5, 0.6) is 0 Å². The van der Waals surface area contributed by atoms with E-state index in [0.717, 1.165) is 17.7 Å². The predicted molar refractivity (Wildman–Crippen MR) is 91.3 cm³/mol. The maximum Gasteiger partial charge on any atom is 0.194 e. The van der Waals surface area contributed by atoms with Crippen LogP contribution < -0.4 is 0 Å². The maximum absolute atomic E-state index is 12.4. The van der Waals surface area contributed by atoms with E-state index in [1.807, 2.05) is 31.2 Å². The lowest BCUT2D eigenvalue weighted by Crippen LogP contribution is -2.02. The zero-order valence-electron chi connectivity index (χ0n) is 13.6. The first-order valence-corrected chi connectivity index (χ1v) is 8.27. The van der Waals surface area contributed by atoms with Gasteiger partial charge in [-0.05, 0) is 37.5 Å². The van der Waals surface area contributed by atoms with Gasteiger partial charge in [-0.15, -0.1) is 0 Å². The van der Waals surface area contributed by atoms with E-state index in [1.165, 1.54) is 37.7 Å². The van der Waals surface area contributed by atoms with Crippen LogP contribution >= 0.6 is 0 Å². The molecular weight excluding hydrogens is 270 g/mol. The molecular formula is C20H25NO. The Labute approximate surface area is 133 Å². The molecule has 0 bridgehead atoms. The van der Waals surface area contributed by atoms with Gasteiger partial charge in [0.1, 0.15) is 0 Å². The van der Waals surface area contributed by atoms with E-state index in [-0.39, 0.29) is 5.78 Å². The Bertz CT molecular complexity index is 584. The first kappa shape index (κ1) is 16.4. The molecule has 0 N–H and O–H groups in total. The van der Waals surface area contributed by atoms with Crippen LogP contribution in [-0.4, -0.2) is 10.8 Å². The van der Waals surface area contributed by atoms with Crippen LogP contribution in [-0.2, 0) is 6.42 Å². The second-order valence-corrected chi connectivity index (χ2v) is 5.88. The number of hydrogen-bond acceptors (Lipinski definition) is 2. The van der Waals surface area contributed by atoms with Crippen LogP contribution in [0.3, 0.4) is 0 Å². The number of benzene rings is 1. The van der Waals surface area contributed by atoms with Crippen molar-refractivity contribution in [3.63, 3.8) is 0 Å². The second kappa shape index (κ2) is 8.47. The van der Waals surface area contributed by atoms with Crippen LogP contribution in [0.1, 0.15) is 66.2 Å². The zero-order chi connectivity index (χ0) is 15.8. The molecule has 0 aliphatic carbocycles. The minimum atomic E-state index is 0.0435. The molecule has 1 aromatic carbocycles. The average molecular weight is 295 g/mol. The van der Waals surface area contributed by atoms with Gasteiger partial charge < -0.3 is 0 Å². The normalized spacial score (nSPS) is 10.6. The molecule has 0 aliphatic rings. The summed E-state index contributed by atoms with van der Waals surface area (Å²) >= 11 is 0. The third kappa shape index (κ3) is 4.80. The summed E-state index contributed by atoms with van der Waals surface area (Å²) in [4.78, 5) is 16.5. The lowest BCUT2D eigenvalue weighted by atomic mass is 10.0. The van der Waals surface area contributed by atoms with Crippen molar-refractivity contribution in [1.29, 1.82) is 0 Å². The van der Waals surface area contributed by atoms with Crippen LogP contribution in [0.25, 0.3) is 0 Å². The van der Waals surface area contributed by atoms with E-state index < -0.39 is 0 Å². The molecule has 1 aromatic heterocycles. The third-order valence-electron chi connectivity index (χ3n) is 3.96. The van der Waals surface area contributed by atoms with Crippen molar-refractivity contribution >= 4 is 5.78 Å². The van der Waals surface area contributed by atoms with Crippen molar-refractivity contribution in [2.24, 2.45) is 0 Å². The molecule has 2 rings (SSSR count). The van der Waals surface area contributed by atoms with Gasteiger partial charge in [-0.2, -0.15) is 0 Å². The van der Waals surface area contributed by atoms with E-state index in [9.17, 15) is 4.79 Å². The van der Waals surface area contributed by atoms with Gasteiger partial charge in [-0.1, -0.05) is 56.9 Å². The summed E-state index contributed by atoms with van der Waals surface area (Å²) in [6, 6.07) is 11.7.